The minimum absolute atomic E-state index is 0.238. The minimum atomic E-state index is 0.238. The lowest BCUT2D eigenvalue weighted by molar-refractivity contribution is 0.398. The normalized spacial score (nSPS) is 10.3. The van der Waals surface area contributed by atoms with Gasteiger partial charge in [0.1, 0.15) is 16.0 Å². The maximum atomic E-state index is 9.80. The van der Waals surface area contributed by atoms with Crippen LogP contribution in [0.2, 0.25) is 0 Å². The Kier molecular flexibility index (Phi) is 3.77. The molecule has 0 amide bonds. The molecule has 0 heterocycles. The van der Waals surface area contributed by atoms with Crippen LogP contribution in [-0.2, 0) is 6.54 Å². The van der Waals surface area contributed by atoms with Gasteiger partial charge in [-0.15, -0.1) is 0 Å². The first kappa shape index (κ1) is 11.3. The summed E-state index contributed by atoms with van der Waals surface area (Å²) in [6.07, 6.45) is 0. The molecule has 0 fully saturated rings. The van der Waals surface area contributed by atoms with Crippen molar-refractivity contribution in [2.75, 3.05) is 14.2 Å². The van der Waals surface area contributed by atoms with E-state index < -0.39 is 0 Å². The quantitative estimate of drug-likeness (QED) is 0.875. The highest BCUT2D eigenvalue weighted by Crippen LogP contribution is 2.38. The maximum Gasteiger partial charge on any atom is 0.139 e. The van der Waals surface area contributed by atoms with E-state index in [9.17, 15) is 5.11 Å². The van der Waals surface area contributed by atoms with Crippen molar-refractivity contribution in [1.29, 1.82) is 0 Å². The molecular formula is C10H14BrNO2. The average Bonchev–Trinajstić information content (AvgIpc) is 2.15. The predicted molar refractivity (Wildman–Crippen MR) is 59.9 cm³/mol. The number of hydrogen-bond donors (Lipinski definition) is 2. The third kappa shape index (κ3) is 2.01. The number of phenolic OH excluding ortho intramolecular Hbond substituents is 1. The molecule has 0 aliphatic rings. The molecule has 2 N–H and O–H groups in total. The number of hydrogen-bond acceptors (Lipinski definition) is 3. The van der Waals surface area contributed by atoms with Crippen LogP contribution in [0.3, 0.4) is 0 Å². The molecule has 14 heavy (non-hydrogen) atoms. The summed E-state index contributed by atoms with van der Waals surface area (Å²) in [4.78, 5) is 0. The lowest BCUT2D eigenvalue weighted by Crippen LogP contribution is -2.06. The number of halogens is 1. The largest absolute Gasteiger partial charge is 0.506 e. The van der Waals surface area contributed by atoms with Crippen molar-refractivity contribution in [3.8, 4) is 11.5 Å². The molecule has 0 spiro atoms. The van der Waals surface area contributed by atoms with Gasteiger partial charge in [-0.1, -0.05) is 0 Å². The van der Waals surface area contributed by atoms with Gasteiger partial charge in [-0.3, -0.25) is 0 Å². The fraction of sp³-hybridized carbons (Fsp3) is 0.400. The second-order valence-corrected chi connectivity index (χ2v) is 3.87. The summed E-state index contributed by atoms with van der Waals surface area (Å²) in [5.41, 5.74) is 1.86. The van der Waals surface area contributed by atoms with E-state index >= 15 is 0 Å². The molecule has 1 aromatic rings. The summed E-state index contributed by atoms with van der Waals surface area (Å²) in [5.74, 6) is 0.921. The van der Waals surface area contributed by atoms with Crippen LogP contribution in [0.15, 0.2) is 10.5 Å². The van der Waals surface area contributed by atoms with Crippen molar-refractivity contribution >= 4 is 15.9 Å². The molecule has 0 saturated heterocycles. The Morgan fingerprint density at radius 2 is 2.21 bits per heavy atom. The van der Waals surface area contributed by atoms with Crippen LogP contribution in [-0.4, -0.2) is 19.3 Å². The predicted octanol–water partition coefficient (Wildman–Crippen LogP) is 2.19. The number of ether oxygens (including phenoxy) is 1. The van der Waals surface area contributed by atoms with Gasteiger partial charge < -0.3 is 15.2 Å². The number of phenols is 1. The van der Waals surface area contributed by atoms with Crippen LogP contribution in [0.25, 0.3) is 0 Å². The molecule has 0 aliphatic carbocycles. The Morgan fingerprint density at radius 3 is 2.71 bits per heavy atom. The summed E-state index contributed by atoms with van der Waals surface area (Å²) < 4.78 is 5.78. The number of nitrogens with one attached hydrogen (secondary N) is 1. The Hall–Kier alpha value is -0.740. The van der Waals surface area contributed by atoms with E-state index in [1.165, 1.54) is 0 Å². The zero-order valence-corrected chi connectivity index (χ0v) is 10.1. The molecule has 0 radical (unpaired) electrons. The van der Waals surface area contributed by atoms with Crippen LogP contribution in [0.1, 0.15) is 11.1 Å². The van der Waals surface area contributed by atoms with Gasteiger partial charge in [0, 0.05) is 12.1 Å². The van der Waals surface area contributed by atoms with Gasteiger partial charge in [-0.05, 0) is 41.5 Å². The average molecular weight is 260 g/mol. The summed E-state index contributed by atoms with van der Waals surface area (Å²) in [6.45, 7) is 2.58. The molecule has 0 bridgehead atoms. The molecule has 0 unspecified atom stereocenters. The third-order valence-corrected chi connectivity index (χ3v) is 2.77. The number of methoxy groups -OCH3 is 1. The summed E-state index contributed by atoms with van der Waals surface area (Å²) >= 11 is 3.31. The van der Waals surface area contributed by atoms with Gasteiger partial charge in [-0.2, -0.15) is 0 Å². The van der Waals surface area contributed by atoms with Crippen LogP contribution >= 0.6 is 15.9 Å². The molecule has 4 heteroatoms. The highest BCUT2D eigenvalue weighted by atomic mass is 79.9. The molecule has 3 nitrogen and oxygen atoms in total. The number of rotatable bonds is 3. The van der Waals surface area contributed by atoms with E-state index in [0.29, 0.717) is 16.8 Å². The van der Waals surface area contributed by atoms with Crippen molar-refractivity contribution in [2.45, 2.75) is 13.5 Å². The lowest BCUT2D eigenvalue weighted by atomic mass is 10.1. The maximum absolute atomic E-state index is 9.80. The molecule has 0 saturated carbocycles. The number of benzene rings is 1. The summed E-state index contributed by atoms with van der Waals surface area (Å²) in [6, 6.07) is 1.91. The first-order chi connectivity index (χ1) is 6.61. The molecule has 1 rings (SSSR count). The third-order valence-electron chi connectivity index (χ3n) is 2.03. The Morgan fingerprint density at radius 1 is 1.57 bits per heavy atom. The zero-order valence-electron chi connectivity index (χ0n) is 8.52. The topological polar surface area (TPSA) is 41.5 Å². The van der Waals surface area contributed by atoms with Crippen molar-refractivity contribution < 1.29 is 9.84 Å². The van der Waals surface area contributed by atoms with E-state index in [0.717, 1.165) is 11.1 Å². The molecule has 0 atom stereocenters. The van der Waals surface area contributed by atoms with Gasteiger partial charge in [0.2, 0.25) is 0 Å². The summed E-state index contributed by atoms with van der Waals surface area (Å²) in [7, 11) is 3.43. The van der Waals surface area contributed by atoms with E-state index in [1.54, 1.807) is 7.11 Å². The second-order valence-electron chi connectivity index (χ2n) is 3.08. The fourth-order valence-electron chi connectivity index (χ4n) is 1.39. The van der Waals surface area contributed by atoms with Crippen molar-refractivity contribution in [3.05, 3.63) is 21.7 Å². The fourth-order valence-corrected chi connectivity index (χ4v) is 2.12. The van der Waals surface area contributed by atoms with E-state index in [1.807, 2.05) is 20.0 Å². The van der Waals surface area contributed by atoms with Crippen molar-refractivity contribution in [2.24, 2.45) is 0 Å². The van der Waals surface area contributed by atoms with Gasteiger partial charge in [-0.25, -0.2) is 0 Å². The van der Waals surface area contributed by atoms with Crippen LogP contribution in [0.4, 0.5) is 0 Å². The first-order valence-corrected chi connectivity index (χ1v) is 5.10. The van der Waals surface area contributed by atoms with Gasteiger partial charge in [0.05, 0.1) is 7.11 Å². The molecule has 1 aromatic carbocycles. The number of aromatic hydroxyl groups is 1. The standard InChI is InChI=1S/C10H14BrNO2/c1-6-4-7(5-12-2)9(13)8(11)10(6)14-3/h4,12-13H,5H2,1-3H3. The van der Waals surface area contributed by atoms with Crippen LogP contribution < -0.4 is 10.1 Å². The second kappa shape index (κ2) is 4.66. The van der Waals surface area contributed by atoms with Crippen molar-refractivity contribution in [3.63, 3.8) is 0 Å². The van der Waals surface area contributed by atoms with Gasteiger partial charge in [0.15, 0.2) is 0 Å². The van der Waals surface area contributed by atoms with Crippen LogP contribution in [0, 0.1) is 6.92 Å². The van der Waals surface area contributed by atoms with Gasteiger partial charge in [0.25, 0.3) is 0 Å². The number of aryl methyl sites for hydroxylation is 1. The Labute approximate surface area is 92.2 Å². The minimum Gasteiger partial charge on any atom is -0.506 e. The highest BCUT2D eigenvalue weighted by Gasteiger charge is 2.13. The Bertz CT molecular complexity index is 339. The van der Waals surface area contributed by atoms with Gasteiger partial charge >= 0.3 is 0 Å². The molecule has 0 aliphatic heterocycles. The molecular weight excluding hydrogens is 246 g/mol. The van der Waals surface area contributed by atoms with E-state index in [-0.39, 0.29) is 5.75 Å². The smallest absolute Gasteiger partial charge is 0.139 e. The van der Waals surface area contributed by atoms with E-state index in [4.69, 9.17) is 4.74 Å². The summed E-state index contributed by atoms with van der Waals surface area (Å²) in [5, 5.41) is 12.8. The van der Waals surface area contributed by atoms with Crippen molar-refractivity contribution in [1.82, 2.24) is 5.32 Å². The SMILES string of the molecule is CNCc1cc(C)c(OC)c(Br)c1O. The molecule has 0 aromatic heterocycles. The van der Waals surface area contributed by atoms with E-state index in [2.05, 4.69) is 21.2 Å². The Balaban J connectivity index is 3.25. The van der Waals surface area contributed by atoms with Crippen LogP contribution in [0.5, 0.6) is 11.5 Å². The zero-order chi connectivity index (χ0) is 10.7. The molecule has 78 valence electrons. The monoisotopic (exact) mass is 259 g/mol. The lowest BCUT2D eigenvalue weighted by Gasteiger charge is -2.12. The highest BCUT2D eigenvalue weighted by molar-refractivity contribution is 9.10. The first-order valence-electron chi connectivity index (χ1n) is 4.31.